The Morgan fingerprint density at radius 2 is 1.82 bits per heavy atom. The molecule has 94 valence electrons. The first-order valence-electron chi connectivity index (χ1n) is 5.85. The van der Waals surface area contributed by atoms with Crippen LogP contribution in [0.3, 0.4) is 0 Å². The summed E-state index contributed by atoms with van der Waals surface area (Å²) in [5.41, 5.74) is 7.18. The highest BCUT2D eigenvalue weighted by Gasteiger charge is 2.35. The molecule has 0 aliphatic rings. The summed E-state index contributed by atoms with van der Waals surface area (Å²) in [4.78, 5) is 0. The van der Waals surface area contributed by atoms with E-state index in [1.165, 1.54) is 0 Å². The number of aryl methyl sites for hydroxylation is 1. The number of rotatable bonds is 4. The Morgan fingerprint density at radius 3 is 2.29 bits per heavy atom. The second kappa shape index (κ2) is 4.71. The first-order chi connectivity index (χ1) is 7.63. The van der Waals surface area contributed by atoms with E-state index in [-0.39, 0.29) is 0 Å². The molecule has 0 saturated heterocycles. The first kappa shape index (κ1) is 14.1. The van der Waals surface area contributed by atoms with Crippen molar-refractivity contribution in [3.63, 3.8) is 0 Å². The smallest absolute Gasteiger partial charge is 0.309 e. The van der Waals surface area contributed by atoms with Gasteiger partial charge in [0, 0.05) is 5.69 Å². The van der Waals surface area contributed by atoms with Gasteiger partial charge in [0.15, 0.2) is 0 Å². The summed E-state index contributed by atoms with van der Waals surface area (Å²) in [6.45, 7) is 9.29. The van der Waals surface area contributed by atoms with Crippen LogP contribution in [0.1, 0.15) is 33.3 Å². The predicted octanol–water partition coefficient (Wildman–Crippen LogP) is 1.12. The van der Waals surface area contributed by atoms with Crippen molar-refractivity contribution in [2.45, 2.75) is 45.8 Å². The summed E-state index contributed by atoms with van der Waals surface area (Å²) in [5.74, 6) is 0. The van der Waals surface area contributed by atoms with Crippen molar-refractivity contribution >= 4 is 18.6 Å². The highest BCUT2D eigenvalue weighted by Crippen LogP contribution is 2.24. The zero-order valence-electron chi connectivity index (χ0n) is 11.4. The Kier molecular flexibility index (Phi) is 3.90. The van der Waals surface area contributed by atoms with Gasteiger partial charge >= 0.3 is 7.48 Å². The van der Waals surface area contributed by atoms with Gasteiger partial charge in [-0.2, -0.15) is 0 Å². The SMILES string of the molecule is Cc1cc(N)ccc1BOC(C)(C)C(C)(C)O. The fourth-order valence-electron chi connectivity index (χ4n) is 1.32. The quantitative estimate of drug-likeness (QED) is 0.607. The minimum absolute atomic E-state index is 0.475. The molecule has 0 unspecified atom stereocenters. The zero-order chi connectivity index (χ0) is 13.3. The van der Waals surface area contributed by atoms with Gasteiger partial charge in [0.1, 0.15) is 0 Å². The topological polar surface area (TPSA) is 55.5 Å². The monoisotopic (exact) mass is 235 g/mol. The molecule has 17 heavy (non-hydrogen) atoms. The second-order valence-electron chi connectivity index (χ2n) is 5.54. The average Bonchev–Trinajstić information content (AvgIpc) is 2.14. The minimum atomic E-state index is -0.880. The summed E-state index contributed by atoms with van der Waals surface area (Å²) < 4.78 is 5.81. The maximum atomic E-state index is 9.99. The molecule has 3 nitrogen and oxygen atoms in total. The Bertz CT molecular complexity index is 397. The fourth-order valence-corrected chi connectivity index (χ4v) is 1.32. The van der Waals surface area contributed by atoms with Gasteiger partial charge in [-0.05, 0) is 52.2 Å². The maximum absolute atomic E-state index is 9.99. The number of nitrogens with two attached hydrogens (primary N) is 1. The lowest BCUT2D eigenvalue weighted by Crippen LogP contribution is -2.49. The van der Waals surface area contributed by atoms with Gasteiger partial charge in [0.05, 0.1) is 11.2 Å². The van der Waals surface area contributed by atoms with Gasteiger partial charge < -0.3 is 15.5 Å². The first-order valence-corrected chi connectivity index (χ1v) is 5.85. The normalized spacial score (nSPS) is 12.6. The van der Waals surface area contributed by atoms with Crippen molar-refractivity contribution in [3.05, 3.63) is 23.8 Å². The lowest BCUT2D eigenvalue weighted by atomic mass is 9.80. The summed E-state index contributed by atoms with van der Waals surface area (Å²) in [5, 5.41) is 9.99. The summed E-state index contributed by atoms with van der Waals surface area (Å²) in [6, 6.07) is 5.75. The number of hydrogen-bond donors (Lipinski definition) is 2. The molecule has 0 aliphatic carbocycles. The largest absolute Gasteiger partial charge is 0.427 e. The Balaban J connectivity index is 2.74. The summed E-state index contributed by atoms with van der Waals surface area (Å²) in [6.07, 6.45) is 0. The van der Waals surface area contributed by atoms with E-state index in [9.17, 15) is 5.11 Å². The molecule has 1 aromatic carbocycles. The summed E-state index contributed by atoms with van der Waals surface area (Å²) >= 11 is 0. The van der Waals surface area contributed by atoms with Gasteiger partial charge in [-0.1, -0.05) is 11.6 Å². The molecule has 0 bridgehead atoms. The van der Waals surface area contributed by atoms with Crippen LogP contribution in [0.5, 0.6) is 0 Å². The van der Waals surface area contributed by atoms with Crippen LogP contribution < -0.4 is 11.2 Å². The highest BCUT2D eigenvalue weighted by atomic mass is 16.5. The highest BCUT2D eigenvalue weighted by molar-refractivity contribution is 6.47. The van der Waals surface area contributed by atoms with E-state index >= 15 is 0 Å². The van der Waals surface area contributed by atoms with E-state index in [0.29, 0.717) is 7.48 Å². The lowest BCUT2D eigenvalue weighted by Gasteiger charge is -2.37. The third-order valence-electron chi connectivity index (χ3n) is 3.43. The molecule has 0 atom stereocenters. The van der Waals surface area contributed by atoms with Crippen LogP contribution in [-0.4, -0.2) is 23.8 Å². The van der Waals surface area contributed by atoms with Crippen molar-refractivity contribution in [1.82, 2.24) is 0 Å². The van der Waals surface area contributed by atoms with E-state index in [2.05, 4.69) is 0 Å². The Morgan fingerprint density at radius 1 is 1.24 bits per heavy atom. The molecule has 0 amide bonds. The third-order valence-corrected chi connectivity index (χ3v) is 3.43. The van der Waals surface area contributed by atoms with Crippen LogP contribution in [0.25, 0.3) is 0 Å². The molecule has 0 spiro atoms. The van der Waals surface area contributed by atoms with Crippen molar-refractivity contribution < 1.29 is 9.76 Å². The molecule has 0 heterocycles. The lowest BCUT2D eigenvalue weighted by molar-refractivity contribution is -0.0893. The molecule has 4 heteroatoms. The van der Waals surface area contributed by atoms with E-state index in [4.69, 9.17) is 10.4 Å². The van der Waals surface area contributed by atoms with Gasteiger partial charge in [0.25, 0.3) is 0 Å². The third kappa shape index (κ3) is 3.48. The van der Waals surface area contributed by atoms with Crippen LogP contribution >= 0.6 is 0 Å². The van der Waals surface area contributed by atoms with Crippen LogP contribution in [-0.2, 0) is 4.65 Å². The predicted molar refractivity (Wildman–Crippen MR) is 73.8 cm³/mol. The Hall–Kier alpha value is -0.995. The van der Waals surface area contributed by atoms with E-state index in [1.54, 1.807) is 13.8 Å². The van der Waals surface area contributed by atoms with Crippen LogP contribution in [0.15, 0.2) is 18.2 Å². The molecule has 1 aromatic rings. The molecule has 0 aromatic heterocycles. The van der Waals surface area contributed by atoms with Crippen molar-refractivity contribution in [1.29, 1.82) is 0 Å². The number of aliphatic hydroxyl groups is 1. The molecule has 0 saturated carbocycles. The molecule has 0 aliphatic heterocycles. The van der Waals surface area contributed by atoms with Crippen molar-refractivity contribution in [3.8, 4) is 0 Å². The standard InChI is InChI=1S/C13H22BNO2/c1-9-8-10(15)6-7-11(9)14-17-13(4,5)12(2,3)16/h6-8,14,16H,15H2,1-5H3. The fraction of sp³-hybridized carbons (Fsp3) is 0.538. The zero-order valence-corrected chi connectivity index (χ0v) is 11.4. The number of anilines is 1. The van der Waals surface area contributed by atoms with Crippen LogP contribution in [0, 0.1) is 6.92 Å². The second-order valence-corrected chi connectivity index (χ2v) is 5.54. The van der Waals surface area contributed by atoms with Crippen molar-refractivity contribution in [2.24, 2.45) is 0 Å². The van der Waals surface area contributed by atoms with Crippen LogP contribution in [0.2, 0.25) is 0 Å². The maximum Gasteiger partial charge on any atom is 0.309 e. The van der Waals surface area contributed by atoms with Gasteiger partial charge in [0.2, 0.25) is 0 Å². The number of nitrogen functional groups attached to an aromatic ring is 1. The molecular weight excluding hydrogens is 213 g/mol. The minimum Gasteiger partial charge on any atom is -0.427 e. The molecular formula is C13H22BNO2. The Labute approximate surface area is 104 Å². The van der Waals surface area contributed by atoms with Gasteiger partial charge in [-0.25, -0.2) is 0 Å². The average molecular weight is 235 g/mol. The van der Waals surface area contributed by atoms with E-state index in [1.807, 2.05) is 39.0 Å². The van der Waals surface area contributed by atoms with Crippen molar-refractivity contribution in [2.75, 3.05) is 5.73 Å². The number of hydrogen-bond acceptors (Lipinski definition) is 3. The van der Waals surface area contributed by atoms with E-state index in [0.717, 1.165) is 16.7 Å². The number of benzene rings is 1. The molecule has 0 radical (unpaired) electrons. The molecule has 1 rings (SSSR count). The molecule has 0 fully saturated rings. The van der Waals surface area contributed by atoms with Gasteiger partial charge in [-0.3, -0.25) is 0 Å². The van der Waals surface area contributed by atoms with Gasteiger partial charge in [-0.15, -0.1) is 0 Å². The summed E-state index contributed by atoms with van der Waals surface area (Å²) in [7, 11) is 0.475. The molecule has 3 N–H and O–H groups in total. The van der Waals surface area contributed by atoms with Crippen LogP contribution in [0.4, 0.5) is 5.69 Å². The van der Waals surface area contributed by atoms with E-state index < -0.39 is 11.2 Å².